The van der Waals surface area contributed by atoms with Gasteiger partial charge in [0.15, 0.2) is 17.4 Å². The number of carbonyl (C=O) groups is 1. The highest BCUT2D eigenvalue weighted by Crippen LogP contribution is 2.25. The number of rotatable bonds is 10. The third kappa shape index (κ3) is 6.39. The molecule has 1 heterocycles. The summed E-state index contributed by atoms with van der Waals surface area (Å²) in [4.78, 5) is 15.3. The van der Waals surface area contributed by atoms with Crippen molar-refractivity contribution >= 4 is 17.7 Å². The summed E-state index contributed by atoms with van der Waals surface area (Å²) in [5.74, 6) is 6.05. The number of hydrogen-bond acceptors (Lipinski definition) is 6. The molecule has 2 N–H and O–H groups in total. The maximum atomic E-state index is 13.8. The third-order valence-electron chi connectivity index (χ3n) is 5.30. The highest BCUT2D eigenvalue weighted by atomic mass is 32.2. The summed E-state index contributed by atoms with van der Waals surface area (Å²) in [7, 11) is 0. The number of thioether (sulfide) groups is 1. The first-order valence-corrected chi connectivity index (χ1v) is 12.0. The molecule has 9 heteroatoms. The van der Waals surface area contributed by atoms with Gasteiger partial charge < -0.3 is 15.5 Å². The van der Waals surface area contributed by atoms with Gasteiger partial charge in [-0.05, 0) is 30.2 Å². The second kappa shape index (κ2) is 11.5. The van der Waals surface area contributed by atoms with E-state index in [0.717, 1.165) is 11.1 Å². The Balaban J connectivity index is 1.44. The molecule has 0 saturated heterocycles. The maximum absolute atomic E-state index is 13.8. The molecule has 1 atom stereocenters. The Morgan fingerprint density at radius 2 is 1.54 bits per heavy atom. The maximum Gasteiger partial charge on any atom is 0.236 e. The van der Waals surface area contributed by atoms with E-state index in [9.17, 15) is 9.18 Å². The van der Waals surface area contributed by atoms with Crippen molar-refractivity contribution in [1.29, 1.82) is 0 Å². The van der Waals surface area contributed by atoms with Gasteiger partial charge in [-0.1, -0.05) is 84.6 Å². The number of benzene rings is 3. The molecule has 0 aliphatic heterocycles. The van der Waals surface area contributed by atoms with Crippen LogP contribution >= 0.6 is 11.8 Å². The van der Waals surface area contributed by atoms with Gasteiger partial charge in [0.05, 0.1) is 5.25 Å². The molecule has 0 radical (unpaired) electrons. The van der Waals surface area contributed by atoms with Crippen LogP contribution in [0.15, 0.2) is 90.1 Å². The quantitative estimate of drug-likeness (QED) is 0.261. The standard InChI is InChI=1S/C26H26FN5O2S/c1-19(35-26-30-29-24(32(26)28)18-34-23-15-9-8-14-22(23)27)25(33)31(16-20-10-4-2-5-11-20)17-21-12-6-3-7-13-21/h2-15,19H,16-18,28H2,1H3. The zero-order chi connectivity index (χ0) is 24.6. The Labute approximate surface area is 207 Å². The number of nitrogens with zero attached hydrogens (tertiary/aromatic N) is 4. The summed E-state index contributed by atoms with van der Waals surface area (Å²) >= 11 is 1.22. The third-order valence-corrected chi connectivity index (χ3v) is 6.35. The fourth-order valence-electron chi connectivity index (χ4n) is 3.48. The van der Waals surface area contributed by atoms with Crippen molar-refractivity contribution in [3.05, 3.63) is 108 Å². The summed E-state index contributed by atoms with van der Waals surface area (Å²) in [6, 6.07) is 25.8. The van der Waals surface area contributed by atoms with Crippen molar-refractivity contribution in [1.82, 2.24) is 19.8 Å². The number of ether oxygens (including phenoxy) is 1. The molecule has 7 nitrogen and oxygen atoms in total. The average molecular weight is 492 g/mol. The number of aromatic nitrogens is 3. The second-order valence-corrected chi connectivity index (χ2v) is 9.22. The van der Waals surface area contributed by atoms with Gasteiger partial charge in [0.1, 0.15) is 6.61 Å². The number of halogens is 1. The lowest BCUT2D eigenvalue weighted by atomic mass is 10.1. The lowest BCUT2D eigenvalue weighted by Gasteiger charge is -2.26. The van der Waals surface area contributed by atoms with Gasteiger partial charge in [-0.25, -0.2) is 9.07 Å². The Hall–Kier alpha value is -3.85. The molecule has 0 aliphatic carbocycles. The molecule has 0 bridgehead atoms. The normalized spacial score (nSPS) is 11.7. The van der Waals surface area contributed by atoms with Crippen LogP contribution in [0.5, 0.6) is 5.75 Å². The van der Waals surface area contributed by atoms with Gasteiger partial charge in [-0.2, -0.15) is 0 Å². The van der Waals surface area contributed by atoms with Gasteiger partial charge in [-0.3, -0.25) is 4.79 Å². The van der Waals surface area contributed by atoms with E-state index < -0.39 is 11.1 Å². The van der Waals surface area contributed by atoms with Crippen LogP contribution in [0.4, 0.5) is 4.39 Å². The number of carbonyl (C=O) groups excluding carboxylic acids is 1. The van der Waals surface area contributed by atoms with Crippen molar-refractivity contribution in [2.45, 2.75) is 37.0 Å². The SMILES string of the molecule is CC(Sc1nnc(COc2ccccc2F)n1N)C(=O)N(Cc1ccccc1)Cc1ccccc1. The van der Waals surface area contributed by atoms with Crippen molar-refractivity contribution in [2.24, 2.45) is 0 Å². The molecular weight excluding hydrogens is 465 g/mol. The number of hydrogen-bond donors (Lipinski definition) is 1. The zero-order valence-electron chi connectivity index (χ0n) is 19.3. The van der Waals surface area contributed by atoms with Crippen LogP contribution in [0.2, 0.25) is 0 Å². The fraction of sp³-hybridized carbons (Fsp3) is 0.192. The van der Waals surface area contributed by atoms with Crippen LogP contribution in [0.1, 0.15) is 23.9 Å². The fourth-order valence-corrected chi connectivity index (χ4v) is 4.35. The number of nitrogen functional groups attached to an aromatic ring is 1. The zero-order valence-corrected chi connectivity index (χ0v) is 20.1. The van der Waals surface area contributed by atoms with Gasteiger partial charge in [0.2, 0.25) is 11.1 Å². The molecule has 0 saturated carbocycles. The summed E-state index contributed by atoms with van der Waals surface area (Å²) in [6.45, 7) is 2.73. The molecular formula is C26H26FN5O2S. The van der Waals surface area contributed by atoms with Crippen LogP contribution < -0.4 is 10.6 Å². The lowest BCUT2D eigenvalue weighted by molar-refractivity contribution is -0.131. The molecule has 1 unspecified atom stereocenters. The topological polar surface area (TPSA) is 86.3 Å². The largest absolute Gasteiger partial charge is 0.482 e. The monoisotopic (exact) mass is 491 g/mol. The van der Waals surface area contributed by atoms with Gasteiger partial charge in [-0.15, -0.1) is 10.2 Å². The van der Waals surface area contributed by atoms with Gasteiger partial charge in [0.25, 0.3) is 0 Å². The smallest absolute Gasteiger partial charge is 0.236 e. The summed E-state index contributed by atoms with van der Waals surface area (Å²) < 4.78 is 20.6. The van der Waals surface area contributed by atoms with Crippen LogP contribution in [0.25, 0.3) is 0 Å². The van der Waals surface area contributed by atoms with Crippen molar-refractivity contribution in [3.8, 4) is 5.75 Å². The Bertz CT molecular complexity index is 1210. The van der Waals surface area contributed by atoms with E-state index in [0.29, 0.717) is 24.1 Å². The molecule has 0 fully saturated rings. The first-order valence-electron chi connectivity index (χ1n) is 11.1. The Morgan fingerprint density at radius 1 is 0.971 bits per heavy atom. The van der Waals surface area contributed by atoms with Crippen LogP contribution in [-0.4, -0.2) is 30.9 Å². The highest BCUT2D eigenvalue weighted by molar-refractivity contribution is 8.00. The van der Waals surface area contributed by atoms with Crippen molar-refractivity contribution < 1.29 is 13.9 Å². The van der Waals surface area contributed by atoms with E-state index in [1.807, 2.05) is 72.5 Å². The summed E-state index contributed by atoms with van der Waals surface area (Å²) in [6.07, 6.45) is 0. The molecule has 0 aliphatic rings. The first-order chi connectivity index (χ1) is 17.0. The Morgan fingerprint density at radius 3 is 2.14 bits per heavy atom. The van der Waals surface area contributed by atoms with E-state index in [-0.39, 0.29) is 18.3 Å². The van der Waals surface area contributed by atoms with Gasteiger partial charge in [0, 0.05) is 13.1 Å². The predicted molar refractivity (Wildman–Crippen MR) is 133 cm³/mol. The lowest BCUT2D eigenvalue weighted by Crippen LogP contribution is -2.36. The highest BCUT2D eigenvalue weighted by Gasteiger charge is 2.25. The van der Waals surface area contributed by atoms with E-state index in [1.165, 1.54) is 28.6 Å². The van der Waals surface area contributed by atoms with Crippen LogP contribution in [0, 0.1) is 5.82 Å². The van der Waals surface area contributed by atoms with E-state index in [1.54, 1.807) is 12.1 Å². The van der Waals surface area contributed by atoms with E-state index in [4.69, 9.17) is 10.6 Å². The molecule has 4 aromatic rings. The number of amides is 1. The second-order valence-electron chi connectivity index (χ2n) is 7.91. The minimum absolute atomic E-state index is 0.0464. The molecule has 1 aromatic heterocycles. The summed E-state index contributed by atoms with van der Waals surface area (Å²) in [5, 5.41) is 8.06. The van der Waals surface area contributed by atoms with E-state index in [2.05, 4.69) is 10.2 Å². The average Bonchev–Trinajstić information content (AvgIpc) is 3.22. The van der Waals surface area contributed by atoms with Crippen molar-refractivity contribution in [2.75, 3.05) is 5.84 Å². The molecule has 0 spiro atoms. The van der Waals surface area contributed by atoms with Gasteiger partial charge >= 0.3 is 0 Å². The molecule has 35 heavy (non-hydrogen) atoms. The molecule has 4 rings (SSSR count). The Kier molecular flexibility index (Phi) is 7.99. The first kappa shape index (κ1) is 24.3. The molecule has 3 aromatic carbocycles. The molecule has 180 valence electrons. The summed E-state index contributed by atoms with van der Waals surface area (Å²) in [5.41, 5.74) is 2.09. The number of para-hydroxylation sites is 1. The van der Waals surface area contributed by atoms with Crippen molar-refractivity contribution in [3.63, 3.8) is 0 Å². The van der Waals surface area contributed by atoms with Crippen LogP contribution in [0.3, 0.4) is 0 Å². The number of nitrogens with two attached hydrogens (primary N) is 1. The van der Waals surface area contributed by atoms with Crippen LogP contribution in [-0.2, 0) is 24.5 Å². The molecule has 1 amide bonds. The minimum atomic E-state index is -0.471. The minimum Gasteiger partial charge on any atom is -0.482 e. The predicted octanol–water partition coefficient (Wildman–Crippen LogP) is 4.42. The van der Waals surface area contributed by atoms with E-state index >= 15 is 0 Å².